The third-order valence-corrected chi connectivity index (χ3v) is 7.38. The average Bonchev–Trinajstić information content (AvgIpc) is 3.36. The number of benzene rings is 2. The number of pyridine rings is 1. The first-order valence-corrected chi connectivity index (χ1v) is 12.3. The Kier molecular flexibility index (Phi) is 6.41. The molecule has 3 heterocycles. The summed E-state index contributed by atoms with van der Waals surface area (Å²) in [5.74, 6) is 1.46. The Labute approximate surface area is 217 Å². The standard InChI is InChI=1S/C29H30N4O2S/c1-18-19(2)32(21-11-7-6-8-12-21)20(3)26(18)28-27(23-13-9-10-16-30-23)31-29(36)33(28)24-17-22(34-4)14-15-25(24)35-5/h6-17,27-28H,1-5H3,(H,31,36)/t27-,28+/m1/s1. The maximum Gasteiger partial charge on any atom is 0.174 e. The first kappa shape index (κ1) is 23.9. The van der Waals surface area contributed by atoms with Crippen molar-refractivity contribution in [3.63, 3.8) is 0 Å². The Balaban J connectivity index is 1.76. The van der Waals surface area contributed by atoms with Crippen LogP contribution < -0.4 is 19.7 Å². The van der Waals surface area contributed by atoms with Gasteiger partial charge >= 0.3 is 0 Å². The van der Waals surface area contributed by atoms with Gasteiger partial charge in [0.25, 0.3) is 0 Å². The predicted molar refractivity (Wildman–Crippen MR) is 147 cm³/mol. The molecule has 4 aromatic rings. The number of hydrogen-bond acceptors (Lipinski definition) is 4. The average molecular weight is 499 g/mol. The van der Waals surface area contributed by atoms with E-state index in [1.165, 1.54) is 22.5 Å². The molecule has 0 unspecified atom stereocenters. The van der Waals surface area contributed by atoms with E-state index in [-0.39, 0.29) is 12.1 Å². The van der Waals surface area contributed by atoms with Gasteiger partial charge in [0, 0.05) is 34.9 Å². The monoisotopic (exact) mass is 498 g/mol. The number of aromatic nitrogens is 2. The minimum Gasteiger partial charge on any atom is -0.497 e. The van der Waals surface area contributed by atoms with Crippen molar-refractivity contribution in [2.24, 2.45) is 0 Å². The van der Waals surface area contributed by atoms with E-state index in [2.05, 4.69) is 59.8 Å². The highest BCUT2D eigenvalue weighted by atomic mass is 32.1. The van der Waals surface area contributed by atoms with E-state index < -0.39 is 0 Å². The number of hydrogen-bond donors (Lipinski definition) is 1. The zero-order valence-electron chi connectivity index (χ0n) is 21.1. The van der Waals surface area contributed by atoms with Gasteiger partial charge in [-0.15, -0.1) is 0 Å². The van der Waals surface area contributed by atoms with Crippen LogP contribution in [0.2, 0.25) is 0 Å². The molecule has 2 aromatic carbocycles. The van der Waals surface area contributed by atoms with Gasteiger partial charge in [0.1, 0.15) is 11.5 Å². The molecule has 7 heteroatoms. The Morgan fingerprint density at radius 1 is 0.889 bits per heavy atom. The van der Waals surface area contributed by atoms with E-state index in [0.29, 0.717) is 5.11 Å². The molecule has 1 aliphatic rings. The second-order valence-electron chi connectivity index (χ2n) is 8.91. The van der Waals surface area contributed by atoms with Crippen LogP contribution in [0.25, 0.3) is 5.69 Å². The Morgan fingerprint density at radius 2 is 1.64 bits per heavy atom. The summed E-state index contributed by atoms with van der Waals surface area (Å²) in [5.41, 5.74) is 7.71. The fourth-order valence-corrected chi connectivity index (χ4v) is 5.64. The van der Waals surface area contributed by atoms with Gasteiger partial charge in [-0.05, 0) is 75.0 Å². The van der Waals surface area contributed by atoms with E-state index in [0.717, 1.165) is 28.6 Å². The van der Waals surface area contributed by atoms with Crippen LogP contribution in [0.5, 0.6) is 11.5 Å². The molecule has 184 valence electrons. The van der Waals surface area contributed by atoms with E-state index >= 15 is 0 Å². The highest BCUT2D eigenvalue weighted by Gasteiger charge is 2.44. The van der Waals surface area contributed by atoms with Gasteiger partial charge in [-0.1, -0.05) is 24.3 Å². The quantitative estimate of drug-likeness (QED) is 0.330. The molecule has 0 saturated carbocycles. The van der Waals surface area contributed by atoms with E-state index in [9.17, 15) is 0 Å². The van der Waals surface area contributed by atoms with Crippen molar-refractivity contribution in [1.29, 1.82) is 0 Å². The minimum absolute atomic E-state index is 0.155. The summed E-state index contributed by atoms with van der Waals surface area (Å²) in [5, 5.41) is 4.19. The van der Waals surface area contributed by atoms with Gasteiger partial charge in [0.2, 0.25) is 0 Å². The number of nitrogens with zero attached hydrogens (tertiary/aromatic N) is 3. The van der Waals surface area contributed by atoms with Gasteiger partial charge in [-0.3, -0.25) is 4.98 Å². The smallest absolute Gasteiger partial charge is 0.174 e. The number of methoxy groups -OCH3 is 2. The SMILES string of the molecule is COc1ccc(OC)c(N2C(=S)N[C@H](c3ccccn3)[C@@H]2c2c(C)c(C)n(-c3ccccc3)c2C)c1. The zero-order valence-corrected chi connectivity index (χ0v) is 22.0. The fourth-order valence-electron chi connectivity index (χ4n) is 5.30. The molecule has 2 atom stereocenters. The number of anilines is 1. The largest absolute Gasteiger partial charge is 0.497 e. The third kappa shape index (κ3) is 3.89. The minimum atomic E-state index is -0.155. The van der Waals surface area contributed by atoms with Crippen LogP contribution in [0.4, 0.5) is 5.69 Å². The van der Waals surface area contributed by atoms with Crippen LogP contribution in [0.15, 0.2) is 72.9 Å². The molecule has 0 spiro atoms. The van der Waals surface area contributed by atoms with Crippen molar-refractivity contribution in [3.05, 3.63) is 101 Å². The highest BCUT2D eigenvalue weighted by molar-refractivity contribution is 7.80. The van der Waals surface area contributed by atoms with Gasteiger partial charge in [0.05, 0.1) is 37.7 Å². The molecule has 1 aliphatic heterocycles. The van der Waals surface area contributed by atoms with Gasteiger partial charge in [-0.2, -0.15) is 0 Å². The number of ether oxygens (including phenoxy) is 2. The molecular weight excluding hydrogens is 468 g/mol. The van der Waals surface area contributed by atoms with Crippen molar-refractivity contribution >= 4 is 23.0 Å². The van der Waals surface area contributed by atoms with E-state index in [1.807, 2.05) is 48.7 Å². The van der Waals surface area contributed by atoms with Crippen molar-refractivity contribution in [2.75, 3.05) is 19.1 Å². The lowest BCUT2D eigenvalue weighted by atomic mass is 9.93. The third-order valence-electron chi connectivity index (χ3n) is 7.06. The summed E-state index contributed by atoms with van der Waals surface area (Å²) >= 11 is 5.97. The van der Waals surface area contributed by atoms with Crippen LogP contribution in [0.3, 0.4) is 0 Å². The summed E-state index contributed by atoms with van der Waals surface area (Å²) in [6.45, 7) is 6.54. The molecule has 36 heavy (non-hydrogen) atoms. The van der Waals surface area contributed by atoms with Crippen LogP contribution >= 0.6 is 12.2 Å². The zero-order chi connectivity index (χ0) is 25.4. The maximum absolute atomic E-state index is 5.97. The van der Waals surface area contributed by atoms with Crippen LogP contribution in [-0.2, 0) is 0 Å². The molecule has 0 bridgehead atoms. The second kappa shape index (κ2) is 9.66. The van der Waals surface area contributed by atoms with Crippen molar-refractivity contribution in [1.82, 2.24) is 14.9 Å². The number of para-hydroxylation sites is 1. The van der Waals surface area contributed by atoms with E-state index in [4.69, 9.17) is 26.7 Å². The molecule has 5 rings (SSSR count). The maximum atomic E-state index is 5.97. The molecular formula is C29H30N4O2S. The van der Waals surface area contributed by atoms with Crippen LogP contribution in [0, 0.1) is 20.8 Å². The molecule has 2 aromatic heterocycles. The number of nitrogens with one attached hydrogen (secondary N) is 1. The van der Waals surface area contributed by atoms with Crippen LogP contribution in [-0.4, -0.2) is 28.9 Å². The molecule has 1 fully saturated rings. The second-order valence-corrected chi connectivity index (χ2v) is 9.30. The molecule has 1 saturated heterocycles. The van der Waals surface area contributed by atoms with E-state index in [1.54, 1.807) is 14.2 Å². The summed E-state index contributed by atoms with van der Waals surface area (Å²) < 4.78 is 13.7. The summed E-state index contributed by atoms with van der Waals surface area (Å²) in [6, 6.07) is 21.9. The van der Waals surface area contributed by atoms with Crippen molar-refractivity contribution in [2.45, 2.75) is 32.9 Å². The van der Waals surface area contributed by atoms with Gasteiger partial charge < -0.3 is 24.3 Å². The lowest BCUT2D eigenvalue weighted by Crippen LogP contribution is -2.30. The Hall–Kier alpha value is -3.84. The van der Waals surface area contributed by atoms with Gasteiger partial charge in [-0.25, -0.2) is 0 Å². The first-order chi connectivity index (χ1) is 17.5. The first-order valence-electron chi connectivity index (χ1n) is 11.9. The summed E-state index contributed by atoms with van der Waals surface area (Å²) in [4.78, 5) is 6.86. The van der Waals surface area contributed by atoms with Gasteiger partial charge in [0.15, 0.2) is 5.11 Å². The number of thiocarbonyl (C=S) groups is 1. The topological polar surface area (TPSA) is 51.6 Å². The predicted octanol–water partition coefficient (Wildman–Crippen LogP) is 5.99. The Morgan fingerprint density at radius 3 is 2.31 bits per heavy atom. The molecule has 1 N–H and O–H groups in total. The lowest BCUT2D eigenvalue weighted by molar-refractivity contribution is 0.403. The molecule has 0 radical (unpaired) electrons. The molecule has 6 nitrogen and oxygen atoms in total. The number of rotatable bonds is 6. The molecule has 0 aliphatic carbocycles. The Bertz CT molecular complexity index is 1400. The van der Waals surface area contributed by atoms with Crippen LogP contribution in [0.1, 0.15) is 40.3 Å². The normalized spacial score (nSPS) is 17.2. The van der Waals surface area contributed by atoms with Crippen molar-refractivity contribution < 1.29 is 9.47 Å². The highest BCUT2D eigenvalue weighted by Crippen LogP contribution is 2.48. The summed E-state index contributed by atoms with van der Waals surface area (Å²) in [7, 11) is 3.34. The summed E-state index contributed by atoms with van der Waals surface area (Å²) in [6.07, 6.45) is 1.83. The lowest BCUT2D eigenvalue weighted by Gasteiger charge is -2.30. The fraction of sp³-hybridized carbons (Fsp3) is 0.241. The molecule has 0 amide bonds. The van der Waals surface area contributed by atoms with Crippen molar-refractivity contribution in [3.8, 4) is 17.2 Å².